The van der Waals surface area contributed by atoms with E-state index in [1.807, 2.05) is 6.07 Å². The van der Waals surface area contributed by atoms with Gasteiger partial charge in [0.1, 0.15) is 5.82 Å². The van der Waals surface area contributed by atoms with Gasteiger partial charge >= 0.3 is 0 Å². The Morgan fingerprint density at radius 2 is 2.00 bits per heavy atom. The molecule has 1 aliphatic heterocycles. The predicted molar refractivity (Wildman–Crippen MR) is 75.0 cm³/mol. The molecule has 18 heavy (non-hydrogen) atoms. The number of anilines is 1. The molecular weight excluding hydrogens is 227 g/mol. The predicted octanol–water partition coefficient (Wildman–Crippen LogP) is 3.31. The van der Waals surface area contributed by atoms with Crippen LogP contribution in [-0.4, -0.2) is 12.1 Å². The smallest absolute Gasteiger partial charge is 0.129 e. The molecule has 0 bridgehead atoms. The summed E-state index contributed by atoms with van der Waals surface area (Å²) in [7, 11) is 0. The Kier molecular flexibility index (Phi) is 3.20. The van der Waals surface area contributed by atoms with Crippen molar-refractivity contribution in [1.82, 2.24) is 0 Å². The molecule has 0 atom stereocenters. The van der Waals surface area contributed by atoms with Crippen LogP contribution in [0.15, 0.2) is 18.2 Å². The molecule has 1 aliphatic rings. The van der Waals surface area contributed by atoms with Crippen LogP contribution in [0.4, 0.5) is 10.1 Å². The number of nitrogens with two attached hydrogens (primary N) is 1. The molecule has 1 aromatic carbocycles. The molecule has 0 radical (unpaired) electrons. The van der Waals surface area contributed by atoms with Gasteiger partial charge < -0.3 is 10.6 Å². The number of hydrogen-bond acceptors (Lipinski definition) is 2. The van der Waals surface area contributed by atoms with Crippen molar-refractivity contribution >= 4 is 11.3 Å². The minimum Gasteiger partial charge on any atom is -0.363 e. The minimum absolute atomic E-state index is 0.0808. The number of nitrogens with zero attached hydrogens (tertiary/aromatic N) is 1. The zero-order chi connectivity index (χ0) is 13.5. The van der Waals surface area contributed by atoms with Gasteiger partial charge in [0, 0.05) is 29.9 Å². The molecule has 2 nitrogen and oxygen atoms in total. The zero-order valence-electron chi connectivity index (χ0n) is 11.5. The average Bonchev–Trinajstić information content (AvgIpc) is 2.27. The van der Waals surface area contributed by atoms with Crippen LogP contribution in [-0.2, 0) is 6.54 Å². The standard InChI is InChI=1S/C15H21FN2/c1-5-18-14-7-13(16)11(9-17)6-12(14)10(2)8-15(18,3)4/h6-8H,5,9,17H2,1-4H3. The van der Waals surface area contributed by atoms with Gasteiger partial charge in [0.25, 0.3) is 0 Å². The molecule has 0 aromatic heterocycles. The number of likely N-dealkylation sites (N-methyl/N-ethyl adjacent to an activating group) is 1. The number of halogens is 1. The molecule has 0 unspecified atom stereocenters. The Hall–Kier alpha value is -1.35. The molecule has 1 aromatic rings. The maximum atomic E-state index is 13.9. The summed E-state index contributed by atoms with van der Waals surface area (Å²) in [5, 5.41) is 0. The first-order chi connectivity index (χ1) is 8.40. The normalized spacial score (nSPS) is 17.4. The molecule has 0 amide bonds. The molecule has 98 valence electrons. The third-order valence-corrected chi connectivity index (χ3v) is 3.68. The zero-order valence-corrected chi connectivity index (χ0v) is 11.5. The summed E-state index contributed by atoms with van der Waals surface area (Å²) in [4.78, 5) is 2.22. The largest absolute Gasteiger partial charge is 0.363 e. The summed E-state index contributed by atoms with van der Waals surface area (Å²) in [6.45, 7) is 9.56. The maximum absolute atomic E-state index is 13.9. The van der Waals surface area contributed by atoms with Crippen molar-refractivity contribution in [1.29, 1.82) is 0 Å². The van der Waals surface area contributed by atoms with E-state index in [4.69, 9.17) is 5.73 Å². The van der Waals surface area contributed by atoms with E-state index in [-0.39, 0.29) is 17.9 Å². The average molecular weight is 248 g/mol. The summed E-state index contributed by atoms with van der Waals surface area (Å²) in [5.41, 5.74) is 9.33. The Labute approximate surface area is 108 Å². The summed E-state index contributed by atoms with van der Waals surface area (Å²) in [6, 6.07) is 3.51. The number of fused-ring (bicyclic) bond motifs is 1. The van der Waals surface area contributed by atoms with Crippen molar-refractivity contribution in [3.8, 4) is 0 Å². The Morgan fingerprint density at radius 3 is 2.56 bits per heavy atom. The van der Waals surface area contributed by atoms with Crippen molar-refractivity contribution in [2.45, 2.75) is 39.8 Å². The lowest BCUT2D eigenvalue weighted by Crippen LogP contribution is -2.45. The third-order valence-electron chi connectivity index (χ3n) is 3.68. The van der Waals surface area contributed by atoms with Crippen molar-refractivity contribution in [3.63, 3.8) is 0 Å². The van der Waals surface area contributed by atoms with Gasteiger partial charge in [-0.05, 0) is 45.4 Å². The Balaban J connectivity index is 2.66. The molecule has 0 saturated heterocycles. The molecule has 2 rings (SSSR count). The molecule has 0 saturated carbocycles. The van der Waals surface area contributed by atoms with Gasteiger partial charge in [-0.25, -0.2) is 4.39 Å². The first-order valence-corrected chi connectivity index (χ1v) is 6.40. The van der Waals surface area contributed by atoms with Crippen molar-refractivity contribution < 1.29 is 4.39 Å². The Bertz CT molecular complexity index is 503. The van der Waals surface area contributed by atoms with Gasteiger partial charge in [0.2, 0.25) is 0 Å². The highest BCUT2D eigenvalue weighted by Crippen LogP contribution is 2.39. The molecule has 1 heterocycles. The summed E-state index contributed by atoms with van der Waals surface area (Å²) >= 11 is 0. The highest BCUT2D eigenvalue weighted by Gasteiger charge is 2.30. The second-order valence-corrected chi connectivity index (χ2v) is 5.39. The molecule has 0 spiro atoms. The molecular formula is C15H21FN2. The fourth-order valence-electron chi connectivity index (χ4n) is 2.88. The summed E-state index contributed by atoms with van der Waals surface area (Å²) in [6.07, 6.45) is 2.23. The lowest BCUT2D eigenvalue weighted by Gasteiger charge is -2.43. The highest BCUT2D eigenvalue weighted by atomic mass is 19.1. The number of hydrogen-bond donors (Lipinski definition) is 1. The van der Waals surface area contributed by atoms with E-state index < -0.39 is 0 Å². The fourth-order valence-corrected chi connectivity index (χ4v) is 2.88. The van der Waals surface area contributed by atoms with E-state index in [1.54, 1.807) is 6.07 Å². The third kappa shape index (κ3) is 1.93. The van der Waals surface area contributed by atoms with E-state index in [1.165, 1.54) is 5.57 Å². The fraction of sp³-hybridized carbons (Fsp3) is 0.467. The van der Waals surface area contributed by atoms with E-state index in [0.717, 1.165) is 17.8 Å². The van der Waals surface area contributed by atoms with Crippen LogP contribution in [0.5, 0.6) is 0 Å². The minimum atomic E-state index is -0.208. The lowest BCUT2D eigenvalue weighted by molar-refractivity contribution is 0.559. The number of rotatable bonds is 2. The maximum Gasteiger partial charge on any atom is 0.129 e. The number of benzene rings is 1. The van der Waals surface area contributed by atoms with Gasteiger partial charge in [-0.1, -0.05) is 6.08 Å². The van der Waals surface area contributed by atoms with E-state index in [0.29, 0.717) is 5.56 Å². The first kappa shape index (κ1) is 13.1. The molecule has 0 fully saturated rings. The monoisotopic (exact) mass is 248 g/mol. The van der Waals surface area contributed by atoms with Gasteiger partial charge in [-0.15, -0.1) is 0 Å². The van der Waals surface area contributed by atoms with Crippen LogP contribution in [0.1, 0.15) is 38.8 Å². The van der Waals surface area contributed by atoms with Crippen LogP contribution in [0.25, 0.3) is 5.57 Å². The van der Waals surface area contributed by atoms with E-state index >= 15 is 0 Å². The molecule has 3 heteroatoms. The first-order valence-electron chi connectivity index (χ1n) is 6.40. The molecule has 0 aliphatic carbocycles. The van der Waals surface area contributed by atoms with Crippen LogP contribution in [0.2, 0.25) is 0 Å². The summed E-state index contributed by atoms with van der Waals surface area (Å²) < 4.78 is 13.9. The van der Waals surface area contributed by atoms with Crippen molar-refractivity contribution in [2.75, 3.05) is 11.4 Å². The second kappa shape index (κ2) is 4.39. The van der Waals surface area contributed by atoms with Gasteiger partial charge in [0.05, 0.1) is 5.54 Å². The van der Waals surface area contributed by atoms with Crippen LogP contribution in [0, 0.1) is 5.82 Å². The second-order valence-electron chi connectivity index (χ2n) is 5.39. The van der Waals surface area contributed by atoms with E-state index in [9.17, 15) is 4.39 Å². The summed E-state index contributed by atoms with van der Waals surface area (Å²) in [5.74, 6) is -0.208. The van der Waals surface area contributed by atoms with Gasteiger partial charge in [-0.3, -0.25) is 0 Å². The van der Waals surface area contributed by atoms with Gasteiger partial charge in [0.15, 0.2) is 0 Å². The highest BCUT2D eigenvalue weighted by molar-refractivity contribution is 5.81. The molecule has 2 N–H and O–H groups in total. The van der Waals surface area contributed by atoms with Crippen molar-refractivity contribution in [3.05, 3.63) is 35.2 Å². The van der Waals surface area contributed by atoms with Crippen LogP contribution < -0.4 is 10.6 Å². The SMILES string of the molecule is CCN1c2cc(F)c(CN)cc2C(C)=CC1(C)C. The van der Waals surface area contributed by atoms with Crippen molar-refractivity contribution in [2.24, 2.45) is 5.73 Å². The Morgan fingerprint density at radius 1 is 1.33 bits per heavy atom. The van der Waals surface area contributed by atoms with Crippen LogP contribution >= 0.6 is 0 Å². The quantitative estimate of drug-likeness (QED) is 0.870. The lowest BCUT2D eigenvalue weighted by atomic mass is 9.88. The topological polar surface area (TPSA) is 29.3 Å². The van der Waals surface area contributed by atoms with Gasteiger partial charge in [-0.2, -0.15) is 0 Å². The number of allylic oxidation sites excluding steroid dienone is 1. The van der Waals surface area contributed by atoms with Crippen LogP contribution in [0.3, 0.4) is 0 Å². The van der Waals surface area contributed by atoms with E-state index in [2.05, 4.69) is 38.7 Å².